The molecule has 1 aliphatic heterocycles. The number of hydrogen-bond donors (Lipinski definition) is 4. The number of thiocarbonyl (C=S) groups is 2. The second-order valence-electron chi connectivity index (χ2n) is 7.78. The van der Waals surface area contributed by atoms with Gasteiger partial charge in [0.25, 0.3) is 11.8 Å². The molecule has 186 valence electrons. The van der Waals surface area contributed by atoms with Crippen LogP contribution in [0, 0.1) is 0 Å². The zero-order valence-electron chi connectivity index (χ0n) is 19.5. The number of amides is 2. The van der Waals surface area contributed by atoms with Crippen molar-refractivity contribution in [2.24, 2.45) is 10.2 Å². The van der Waals surface area contributed by atoms with Gasteiger partial charge < -0.3 is 10.6 Å². The van der Waals surface area contributed by atoms with Crippen molar-refractivity contribution in [3.05, 3.63) is 96.1 Å². The largest absolute Gasteiger partial charge is 0.331 e. The number of hydrazone groups is 2. The SMILES string of the molecule is O=C1c2ccccc2C(=O)N1CCC(/C=N/NC(=S)Nc1ccccc1)=N\NC(=S)Nc1ccccc1. The molecule has 4 N–H and O–H groups in total. The third-order valence-electron chi connectivity index (χ3n) is 5.21. The molecule has 37 heavy (non-hydrogen) atoms. The van der Waals surface area contributed by atoms with Crippen molar-refractivity contribution in [3.8, 4) is 0 Å². The van der Waals surface area contributed by atoms with Crippen LogP contribution in [0.5, 0.6) is 0 Å². The summed E-state index contributed by atoms with van der Waals surface area (Å²) in [5, 5.41) is 15.1. The summed E-state index contributed by atoms with van der Waals surface area (Å²) in [4.78, 5) is 26.6. The Morgan fingerprint density at radius 1 is 0.730 bits per heavy atom. The molecule has 11 heteroatoms. The highest BCUT2D eigenvalue weighted by Crippen LogP contribution is 2.22. The minimum atomic E-state index is -0.336. The van der Waals surface area contributed by atoms with Gasteiger partial charge in [0.2, 0.25) is 0 Å². The Morgan fingerprint density at radius 3 is 1.76 bits per heavy atom. The number of fused-ring (bicyclic) bond motifs is 1. The number of imide groups is 1. The molecule has 0 bridgehead atoms. The molecule has 3 aromatic rings. The van der Waals surface area contributed by atoms with E-state index < -0.39 is 0 Å². The molecule has 9 nitrogen and oxygen atoms in total. The Hall–Kier alpha value is -4.48. The van der Waals surface area contributed by atoms with Gasteiger partial charge in [0.05, 0.1) is 23.1 Å². The van der Waals surface area contributed by atoms with Gasteiger partial charge >= 0.3 is 0 Å². The van der Waals surface area contributed by atoms with Gasteiger partial charge in [-0.2, -0.15) is 10.2 Å². The molecule has 0 radical (unpaired) electrons. The van der Waals surface area contributed by atoms with Crippen LogP contribution in [0.1, 0.15) is 27.1 Å². The van der Waals surface area contributed by atoms with E-state index >= 15 is 0 Å². The van der Waals surface area contributed by atoms with Crippen molar-refractivity contribution >= 4 is 69.8 Å². The molecule has 0 spiro atoms. The van der Waals surface area contributed by atoms with Gasteiger partial charge in [-0.25, -0.2) is 0 Å². The quantitative estimate of drug-likeness (QED) is 0.150. The number of benzene rings is 3. The molecule has 2 amide bonds. The maximum Gasteiger partial charge on any atom is 0.261 e. The first-order valence-electron chi connectivity index (χ1n) is 11.3. The fourth-order valence-electron chi connectivity index (χ4n) is 3.47. The lowest BCUT2D eigenvalue weighted by Gasteiger charge is -2.14. The molecule has 3 aromatic carbocycles. The van der Waals surface area contributed by atoms with E-state index in [0.717, 1.165) is 11.4 Å². The summed E-state index contributed by atoms with van der Waals surface area (Å²) in [5.41, 5.74) is 8.35. The van der Waals surface area contributed by atoms with Crippen LogP contribution in [-0.2, 0) is 0 Å². The van der Waals surface area contributed by atoms with Crippen molar-refractivity contribution in [2.45, 2.75) is 6.42 Å². The number of para-hydroxylation sites is 2. The molecule has 4 rings (SSSR count). The van der Waals surface area contributed by atoms with E-state index in [1.807, 2.05) is 60.7 Å². The molecule has 0 aromatic heterocycles. The van der Waals surface area contributed by atoms with E-state index in [4.69, 9.17) is 24.4 Å². The third-order valence-corrected chi connectivity index (χ3v) is 5.60. The second-order valence-corrected chi connectivity index (χ2v) is 8.60. The summed E-state index contributed by atoms with van der Waals surface area (Å²) >= 11 is 10.6. The van der Waals surface area contributed by atoms with Gasteiger partial charge in [0.15, 0.2) is 10.2 Å². The molecule has 0 fully saturated rings. The van der Waals surface area contributed by atoms with E-state index in [9.17, 15) is 9.59 Å². The first-order chi connectivity index (χ1) is 18.0. The average molecular weight is 530 g/mol. The lowest BCUT2D eigenvalue weighted by atomic mass is 10.1. The number of rotatable bonds is 8. The Morgan fingerprint density at radius 2 is 1.22 bits per heavy atom. The molecule has 0 unspecified atom stereocenters. The van der Waals surface area contributed by atoms with Gasteiger partial charge in [0, 0.05) is 24.3 Å². The summed E-state index contributed by atoms with van der Waals surface area (Å²) < 4.78 is 0. The number of carbonyl (C=O) groups excluding carboxylic acids is 2. The number of hydrogen-bond acceptors (Lipinski definition) is 6. The van der Waals surface area contributed by atoms with E-state index in [-0.39, 0.29) is 35.0 Å². The number of carbonyl (C=O) groups is 2. The third kappa shape index (κ3) is 7.03. The molecular weight excluding hydrogens is 506 g/mol. The van der Waals surface area contributed by atoms with Crippen LogP contribution in [0.3, 0.4) is 0 Å². The fourth-order valence-corrected chi connectivity index (χ4v) is 3.80. The van der Waals surface area contributed by atoms with Crippen LogP contribution in [-0.4, -0.2) is 45.4 Å². The predicted molar refractivity (Wildman–Crippen MR) is 154 cm³/mol. The van der Waals surface area contributed by atoms with Crippen LogP contribution in [0.15, 0.2) is 95.1 Å². The highest BCUT2D eigenvalue weighted by atomic mass is 32.1. The highest BCUT2D eigenvalue weighted by Gasteiger charge is 2.34. The van der Waals surface area contributed by atoms with Crippen molar-refractivity contribution in [3.63, 3.8) is 0 Å². The van der Waals surface area contributed by atoms with Gasteiger partial charge in [-0.05, 0) is 60.8 Å². The van der Waals surface area contributed by atoms with E-state index in [0.29, 0.717) is 16.8 Å². The molecule has 0 saturated heterocycles. The monoisotopic (exact) mass is 529 g/mol. The van der Waals surface area contributed by atoms with Crippen LogP contribution in [0.4, 0.5) is 11.4 Å². The predicted octanol–water partition coefficient (Wildman–Crippen LogP) is 3.99. The number of nitrogens with zero attached hydrogens (tertiary/aromatic N) is 3. The molecule has 0 saturated carbocycles. The molecule has 0 atom stereocenters. The Labute approximate surface area is 224 Å². The van der Waals surface area contributed by atoms with Crippen LogP contribution < -0.4 is 21.5 Å². The van der Waals surface area contributed by atoms with Gasteiger partial charge in [-0.3, -0.25) is 25.3 Å². The van der Waals surface area contributed by atoms with Crippen LogP contribution >= 0.6 is 24.4 Å². The Bertz CT molecular complexity index is 1330. The molecule has 1 heterocycles. The van der Waals surface area contributed by atoms with Gasteiger partial charge in [-0.1, -0.05) is 48.5 Å². The van der Waals surface area contributed by atoms with Crippen molar-refractivity contribution in [1.29, 1.82) is 0 Å². The van der Waals surface area contributed by atoms with E-state index in [1.165, 1.54) is 11.1 Å². The van der Waals surface area contributed by atoms with Gasteiger partial charge in [-0.15, -0.1) is 0 Å². The minimum Gasteiger partial charge on any atom is -0.331 e. The zero-order chi connectivity index (χ0) is 26.0. The average Bonchev–Trinajstić information content (AvgIpc) is 3.16. The lowest BCUT2D eigenvalue weighted by molar-refractivity contribution is 0.0659. The van der Waals surface area contributed by atoms with Crippen LogP contribution in [0.2, 0.25) is 0 Å². The van der Waals surface area contributed by atoms with Crippen molar-refractivity contribution in [1.82, 2.24) is 15.8 Å². The second kappa shape index (κ2) is 12.5. The fraction of sp³-hybridized carbons (Fsp3) is 0.0769. The normalized spacial score (nSPS) is 12.9. The maximum atomic E-state index is 12.7. The standard InChI is InChI=1S/C26H23N7O2S2/c34-23-21-13-7-8-14-22(21)24(35)33(23)16-15-20(30-32-26(37)29-19-11-5-2-6-12-19)17-27-31-25(36)28-18-9-3-1-4-10-18/h1-14,17H,15-16H2,(H2,28,31,36)(H2,29,32,37)/b27-17+,30-20+. The number of anilines is 2. The molecular formula is C26H23N7O2S2. The number of nitrogens with one attached hydrogen (secondary N) is 4. The van der Waals surface area contributed by atoms with Crippen molar-refractivity contribution in [2.75, 3.05) is 17.2 Å². The Kier molecular flexibility index (Phi) is 8.63. The van der Waals surface area contributed by atoms with Gasteiger partial charge in [0.1, 0.15) is 0 Å². The smallest absolute Gasteiger partial charge is 0.261 e. The summed E-state index contributed by atoms with van der Waals surface area (Å²) in [6.45, 7) is 0.116. The Balaban J connectivity index is 1.41. The summed E-state index contributed by atoms with van der Waals surface area (Å²) in [5.74, 6) is -0.671. The van der Waals surface area contributed by atoms with Crippen molar-refractivity contribution < 1.29 is 9.59 Å². The van der Waals surface area contributed by atoms with E-state index in [1.54, 1.807) is 24.3 Å². The first-order valence-corrected chi connectivity index (χ1v) is 12.1. The lowest BCUT2D eigenvalue weighted by Crippen LogP contribution is -2.33. The molecule has 1 aliphatic rings. The van der Waals surface area contributed by atoms with E-state index in [2.05, 4.69) is 31.7 Å². The van der Waals surface area contributed by atoms with Crippen LogP contribution in [0.25, 0.3) is 0 Å². The minimum absolute atomic E-state index is 0.116. The first kappa shape index (κ1) is 25.6. The topological polar surface area (TPSA) is 110 Å². The molecule has 0 aliphatic carbocycles. The zero-order valence-corrected chi connectivity index (χ0v) is 21.2. The maximum absolute atomic E-state index is 12.7. The summed E-state index contributed by atoms with van der Waals surface area (Å²) in [6.07, 6.45) is 1.69. The summed E-state index contributed by atoms with van der Waals surface area (Å²) in [6, 6.07) is 25.6. The summed E-state index contributed by atoms with van der Waals surface area (Å²) in [7, 11) is 0. The highest BCUT2D eigenvalue weighted by molar-refractivity contribution is 7.80.